The molecule has 0 spiro atoms. The van der Waals surface area contributed by atoms with E-state index in [4.69, 9.17) is 9.26 Å². The van der Waals surface area contributed by atoms with Crippen LogP contribution in [-0.4, -0.2) is 28.4 Å². The number of fused-ring (bicyclic) bond motifs is 1. The van der Waals surface area contributed by atoms with Crippen LogP contribution in [0.25, 0.3) is 11.3 Å². The molecule has 3 aromatic rings. The van der Waals surface area contributed by atoms with Crippen molar-refractivity contribution in [3.05, 3.63) is 59.4 Å². The fraction of sp³-hybridized carbons (Fsp3) is 0.250. The number of carbonyl (C=O) groups excluding carboxylic acids is 1. The van der Waals surface area contributed by atoms with Crippen molar-refractivity contribution in [1.29, 1.82) is 0 Å². The van der Waals surface area contributed by atoms with Gasteiger partial charge in [0, 0.05) is 24.2 Å². The van der Waals surface area contributed by atoms with Gasteiger partial charge in [0.2, 0.25) is 0 Å². The van der Waals surface area contributed by atoms with E-state index in [9.17, 15) is 4.79 Å². The minimum absolute atomic E-state index is 0.183. The number of pyridine rings is 1. The molecule has 7 heteroatoms. The molecule has 3 heterocycles. The van der Waals surface area contributed by atoms with E-state index < -0.39 is 0 Å². The maximum atomic E-state index is 12.4. The fourth-order valence-electron chi connectivity index (χ4n) is 3.08. The lowest BCUT2D eigenvalue weighted by molar-refractivity contribution is 0.0946. The highest BCUT2D eigenvalue weighted by Gasteiger charge is 2.20. The van der Waals surface area contributed by atoms with Gasteiger partial charge in [-0.05, 0) is 36.9 Å². The highest BCUT2D eigenvalue weighted by Crippen LogP contribution is 2.33. The summed E-state index contributed by atoms with van der Waals surface area (Å²) in [4.78, 5) is 16.6. The third-order valence-electron chi connectivity index (χ3n) is 4.39. The van der Waals surface area contributed by atoms with Crippen LogP contribution in [-0.2, 0) is 13.0 Å². The number of aromatic nitrogens is 2. The number of ether oxygens (including phenoxy) is 1. The van der Waals surface area contributed by atoms with Crippen molar-refractivity contribution in [2.24, 2.45) is 0 Å². The van der Waals surface area contributed by atoms with E-state index in [-0.39, 0.29) is 18.6 Å². The van der Waals surface area contributed by atoms with Crippen LogP contribution in [0.1, 0.15) is 28.5 Å². The first-order valence-electron chi connectivity index (χ1n) is 8.67. The molecular weight excluding hydrogens is 362 g/mol. The second-order valence-electron chi connectivity index (χ2n) is 6.38. The molecule has 1 N–H and O–H groups in total. The van der Waals surface area contributed by atoms with Crippen molar-refractivity contribution in [3.63, 3.8) is 0 Å². The molecule has 138 valence electrons. The Labute approximate surface area is 161 Å². The van der Waals surface area contributed by atoms with Crippen LogP contribution in [0.4, 0.5) is 0 Å². The van der Waals surface area contributed by atoms with Crippen LogP contribution in [0.5, 0.6) is 5.75 Å². The van der Waals surface area contributed by atoms with Crippen LogP contribution in [0.3, 0.4) is 0 Å². The Balaban J connectivity index is 1.44. The molecule has 1 aromatic carbocycles. The van der Waals surface area contributed by atoms with E-state index in [1.54, 1.807) is 18.3 Å². The average molecular weight is 381 g/mol. The number of carbonyl (C=O) groups is 1. The number of hydrogen-bond donors (Lipinski definition) is 1. The van der Waals surface area contributed by atoms with E-state index in [2.05, 4.69) is 28.4 Å². The number of benzene rings is 1. The topological polar surface area (TPSA) is 77.2 Å². The molecule has 0 aliphatic carbocycles. The van der Waals surface area contributed by atoms with Crippen molar-refractivity contribution < 1.29 is 14.1 Å². The van der Waals surface area contributed by atoms with Crippen LogP contribution in [0.15, 0.2) is 52.1 Å². The lowest BCUT2D eigenvalue weighted by Gasteiger charge is -2.06. The van der Waals surface area contributed by atoms with Crippen molar-refractivity contribution in [1.82, 2.24) is 15.5 Å². The van der Waals surface area contributed by atoms with Gasteiger partial charge in [-0.25, -0.2) is 4.98 Å². The summed E-state index contributed by atoms with van der Waals surface area (Å²) in [6, 6.07) is 11.4. The maximum Gasteiger partial charge on any atom is 0.254 e. The fourth-order valence-corrected chi connectivity index (χ4v) is 3.62. The quantitative estimate of drug-likeness (QED) is 0.679. The standard InChI is InChI=1S/C20H19N3O3S/c1-12-8-13-5-6-14(9-17(13)25-12)18-10-15(23-26-18)11-22-19(24)16-4-3-7-21-20(16)27-2/h3-7,9-10,12H,8,11H2,1-2H3,(H,22,24). The van der Waals surface area contributed by atoms with Gasteiger partial charge in [-0.2, -0.15) is 0 Å². The summed E-state index contributed by atoms with van der Waals surface area (Å²) in [6.07, 6.45) is 4.70. The Bertz CT molecular complexity index is 986. The zero-order chi connectivity index (χ0) is 18.8. The lowest BCUT2D eigenvalue weighted by Crippen LogP contribution is -2.23. The number of thioether (sulfide) groups is 1. The van der Waals surface area contributed by atoms with E-state index in [1.807, 2.05) is 24.5 Å². The summed E-state index contributed by atoms with van der Waals surface area (Å²) >= 11 is 1.44. The van der Waals surface area contributed by atoms with Gasteiger partial charge in [0.05, 0.1) is 12.1 Å². The van der Waals surface area contributed by atoms with Crippen LogP contribution in [0.2, 0.25) is 0 Å². The van der Waals surface area contributed by atoms with Gasteiger partial charge in [0.1, 0.15) is 22.6 Å². The molecule has 1 unspecified atom stereocenters. The van der Waals surface area contributed by atoms with Gasteiger partial charge in [-0.15, -0.1) is 11.8 Å². The number of hydrogen-bond acceptors (Lipinski definition) is 6. The number of amides is 1. The van der Waals surface area contributed by atoms with Gasteiger partial charge in [0.25, 0.3) is 5.91 Å². The minimum atomic E-state index is -0.183. The molecular formula is C20H19N3O3S. The SMILES string of the molecule is CSc1ncccc1C(=O)NCc1cc(-c2ccc3c(c2)OC(C)C3)on1. The van der Waals surface area contributed by atoms with E-state index in [0.29, 0.717) is 22.0 Å². The monoisotopic (exact) mass is 381 g/mol. The third kappa shape index (κ3) is 3.68. The van der Waals surface area contributed by atoms with Gasteiger partial charge in [-0.3, -0.25) is 4.79 Å². The summed E-state index contributed by atoms with van der Waals surface area (Å²) in [5.74, 6) is 1.36. The maximum absolute atomic E-state index is 12.4. The van der Waals surface area contributed by atoms with Crippen molar-refractivity contribution in [2.45, 2.75) is 31.0 Å². The third-order valence-corrected chi connectivity index (χ3v) is 5.10. The summed E-state index contributed by atoms with van der Waals surface area (Å²) in [7, 11) is 0. The van der Waals surface area contributed by atoms with Crippen LogP contribution >= 0.6 is 11.8 Å². The van der Waals surface area contributed by atoms with Gasteiger partial charge >= 0.3 is 0 Å². The average Bonchev–Trinajstić information content (AvgIpc) is 3.30. The highest BCUT2D eigenvalue weighted by atomic mass is 32.2. The van der Waals surface area contributed by atoms with Gasteiger partial charge in [0.15, 0.2) is 5.76 Å². The predicted molar refractivity (Wildman–Crippen MR) is 103 cm³/mol. The zero-order valence-electron chi connectivity index (χ0n) is 15.1. The molecule has 1 amide bonds. The van der Waals surface area contributed by atoms with Crippen LogP contribution < -0.4 is 10.1 Å². The van der Waals surface area contributed by atoms with Crippen LogP contribution in [0, 0.1) is 0 Å². The van der Waals surface area contributed by atoms with Crippen molar-refractivity contribution in [2.75, 3.05) is 6.26 Å². The molecule has 1 aliphatic heterocycles. The summed E-state index contributed by atoms with van der Waals surface area (Å²) < 4.78 is 11.2. The number of nitrogens with one attached hydrogen (secondary N) is 1. The molecule has 0 fully saturated rings. The first-order chi connectivity index (χ1) is 13.1. The predicted octanol–water partition coefficient (Wildman–Crippen LogP) is 3.71. The second-order valence-corrected chi connectivity index (χ2v) is 7.18. The smallest absolute Gasteiger partial charge is 0.254 e. The molecule has 0 bridgehead atoms. The normalized spacial score (nSPS) is 15.3. The molecule has 0 saturated heterocycles. The molecule has 27 heavy (non-hydrogen) atoms. The Morgan fingerprint density at radius 1 is 1.33 bits per heavy atom. The number of rotatable bonds is 5. The Morgan fingerprint density at radius 2 is 2.22 bits per heavy atom. The molecule has 0 radical (unpaired) electrons. The molecule has 1 aliphatic rings. The van der Waals surface area contributed by atoms with Crippen molar-refractivity contribution >= 4 is 17.7 Å². The zero-order valence-corrected chi connectivity index (χ0v) is 15.9. The van der Waals surface area contributed by atoms with Gasteiger partial charge in [-0.1, -0.05) is 17.3 Å². The lowest BCUT2D eigenvalue weighted by atomic mass is 10.1. The number of nitrogens with zero attached hydrogens (tertiary/aromatic N) is 2. The molecule has 1 atom stereocenters. The second kappa shape index (κ2) is 7.44. The Morgan fingerprint density at radius 3 is 3.07 bits per heavy atom. The van der Waals surface area contributed by atoms with E-state index in [0.717, 1.165) is 17.7 Å². The highest BCUT2D eigenvalue weighted by molar-refractivity contribution is 7.98. The van der Waals surface area contributed by atoms with E-state index >= 15 is 0 Å². The van der Waals surface area contributed by atoms with Gasteiger partial charge < -0.3 is 14.6 Å². The van der Waals surface area contributed by atoms with E-state index in [1.165, 1.54) is 17.3 Å². The minimum Gasteiger partial charge on any atom is -0.490 e. The molecule has 4 rings (SSSR count). The Kier molecular flexibility index (Phi) is 4.85. The summed E-state index contributed by atoms with van der Waals surface area (Å²) in [5, 5.41) is 7.62. The first-order valence-corrected chi connectivity index (χ1v) is 9.89. The van der Waals surface area contributed by atoms with Crippen molar-refractivity contribution in [3.8, 4) is 17.1 Å². The molecule has 0 saturated carbocycles. The summed E-state index contributed by atoms with van der Waals surface area (Å²) in [5.41, 5.74) is 3.32. The molecule has 2 aromatic heterocycles. The molecule has 6 nitrogen and oxygen atoms in total. The largest absolute Gasteiger partial charge is 0.490 e. The Hall–Kier alpha value is -2.80. The first kappa shape index (κ1) is 17.6. The summed E-state index contributed by atoms with van der Waals surface area (Å²) in [6.45, 7) is 2.34.